The Hall–Kier alpha value is -0.0500. The van der Waals surface area contributed by atoms with E-state index in [9.17, 15) is 4.79 Å². The second-order valence-corrected chi connectivity index (χ2v) is 5.99. The maximum atomic E-state index is 11.4. The quantitative estimate of drug-likeness (QED) is 0.234. The molecule has 0 heterocycles. The highest BCUT2D eigenvalue weighted by Crippen LogP contribution is 2.09. The van der Waals surface area contributed by atoms with Crippen LogP contribution in [0.4, 0.5) is 0 Å². The molecule has 0 spiro atoms. The SMILES string of the molecule is CCCCCCCCCC(=O)OCCCCCCBr. The van der Waals surface area contributed by atoms with Crippen LogP contribution in [0.2, 0.25) is 0 Å². The van der Waals surface area contributed by atoms with Gasteiger partial charge in [-0.1, -0.05) is 74.2 Å². The van der Waals surface area contributed by atoms with Gasteiger partial charge in [-0.05, 0) is 19.3 Å². The molecule has 0 saturated heterocycles. The van der Waals surface area contributed by atoms with Gasteiger partial charge in [-0.3, -0.25) is 4.79 Å². The zero-order valence-corrected chi connectivity index (χ0v) is 14.2. The number of hydrogen-bond donors (Lipinski definition) is 0. The summed E-state index contributed by atoms with van der Waals surface area (Å²) in [5.74, 6) is -0.00551. The van der Waals surface area contributed by atoms with Crippen molar-refractivity contribution in [1.82, 2.24) is 0 Å². The van der Waals surface area contributed by atoms with Gasteiger partial charge >= 0.3 is 5.97 Å². The Morgan fingerprint density at radius 1 is 0.842 bits per heavy atom. The molecule has 0 amide bonds. The molecule has 0 N–H and O–H groups in total. The van der Waals surface area contributed by atoms with Gasteiger partial charge in [0.1, 0.15) is 0 Å². The molecule has 0 aliphatic rings. The Morgan fingerprint density at radius 3 is 2.11 bits per heavy atom. The van der Waals surface area contributed by atoms with Crippen molar-refractivity contribution < 1.29 is 9.53 Å². The van der Waals surface area contributed by atoms with E-state index in [1.165, 1.54) is 51.4 Å². The van der Waals surface area contributed by atoms with Gasteiger partial charge in [0.2, 0.25) is 0 Å². The first-order valence-corrected chi connectivity index (χ1v) is 9.15. The van der Waals surface area contributed by atoms with E-state index in [0.29, 0.717) is 13.0 Å². The average molecular weight is 335 g/mol. The van der Waals surface area contributed by atoms with Gasteiger partial charge in [-0.15, -0.1) is 0 Å². The first-order chi connectivity index (χ1) is 9.31. The molecule has 0 aromatic heterocycles. The van der Waals surface area contributed by atoms with Crippen LogP contribution in [-0.2, 0) is 9.53 Å². The minimum Gasteiger partial charge on any atom is -0.466 e. The lowest BCUT2D eigenvalue weighted by molar-refractivity contribution is -0.143. The summed E-state index contributed by atoms with van der Waals surface area (Å²) < 4.78 is 5.22. The van der Waals surface area contributed by atoms with E-state index in [1.807, 2.05) is 0 Å². The van der Waals surface area contributed by atoms with Crippen LogP contribution in [0.5, 0.6) is 0 Å². The molecule has 0 unspecified atom stereocenters. The zero-order chi connectivity index (χ0) is 14.2. The average Bonchev–Trinajstić information content (AvgIpc) is 2.41. The summed E-state index contributed by atoms with van der Waals surface area (Å²) in [5, 5.41) is 1.07. The highest BCUT2D eigenvalue weighted by molar-refractivity contribution is 9.09. The second kappa shape index (κ2) is 16.0. The van der Waals surface area contributed by atoms with Crippen LogP contribution in [0.15, 0.2) is 0 Å². The molecule has 0 atom stereocenters. The summed E-state index contributed by atoms with van der Waals surface area (Å²) >= 11 is 3.41. The third-order valence-electron chi connectivity index (χ3n) is 3.28. The second-order valence-electron chi connectivity index (χ2n) is 5.19. The van der Waals surface area contributed by atoms with Gasteiger partial charge in [0.25, 0.3) is 0 Å². The Kier molecular flexibility index (Phi) is 16.0. The van der Waals surface area contributed by atoms with Crippen LogP contribution in [0.25, 0.3) is 0 Å². The van der Waals surface area contributed by atoms with Gasteiger partial charge in [-0.2, -0.15) is 0 Å². The van der Waals surface area contributed by atoms with E-state index >= 15 is 0 Å². The smallest absolute Gasteiger partial charge is 0.305 e. The molecule has 114 valence electrons. The Bertz CT molecular complexity index is 195. The van der Waals surface area contributed by atoms with Crippen molar-refractivity contribution >= 4 is 21.9 Å². The highest BCUT2D eigenvalue weighted by Gasteiger charge is 2.02. The predicted octanol–water partition coefficient (Wildman–Crippen LogP) is 5.63. The van der Waals surface area contributed by atoms with Crippen molar-refractivity contribution in [2.45, 2.75) is 84.0 Å². The fraction of sp³-hybridized carbons (Fsp3) is 0.938. The maximum Gasteiger partial charge on any atom is 0.305 e. The lowest BCUT2D eigenvalue weighted by atomic mass is 10.1. The number of ether oxygens (including phenoxy) is 1. The lowest BCUT2D eigenvalue weighted by Gasteiger charge is -2.04. The first-order valence-electron chi connectivity index (χ1n) is 8.02. The van der Waals surface area contributed by atoms with Gasteiger partial charge in [0.15, 0.2) is 0 Å². The van der Waals surface area contributed by atoms with Gasteiger partial charge in [0, 0.05) is 11.8 Å². The topological polar surface area (TPSA) is 26.3 Å². The summed E-state index contributed by atoms with van der Waals surface area (Å²) in [4.78, 5) is 11.4. The molecule has 0 aromatic rings. The minimum atomic E-state index is -0.00551. The van der Waals surface area contributed by atoms with E-state index in [4.69, 9.17) is 4.74 Å². The van der Waals surface area contributed by atoms with Crippen LogP contribution >= 0.6 is 15.9 Å². The number of alkyl halides is 1. The van der Waals surface area contributed by atoms with Crippen molar-refractivity contribution in [1.29, 1.82) is 0 Å². The summed E-state index contributed by atoms with van der Waals surface area (Å²) in [6.45, 7) is 2.84. The largest absolute Gasteiger partial charge is 0.466 e. The van der Waals surface area contributed by atoms with E-state index in [2.05, 4.69) is 22.9 Å². The molecule has 0 fully saturated rings. The number of halogens is 1. The van der Waals surface area contributed by atoms with Gasteiger partial charge < -0.3 is 4.74 Å². The molecule has 0 bridgehead atoms. The van der Waals surface area contributed by atoms with E-state index < -0.39 is 0 Å². The molecule has 2 nitrogen and oxygen atoms in total. The first kappa shape index (κ1) is 18.9. The molecular weight excluding hydrogens is 304 g/mol. The van der Waals surface area contributed by atoms with Crippen LogP contribution in [0, 0.1) is 0 Å². The number of carbonyl (C=O) groups is 1. The molecule has 3 heteroatoms. The molecule has 19 heavy (non-hydrogen) atoms. The molecule has 0 aliphatic carbocycles. The predicted molar refractivity (Wildman–Crippen MR) is 85.8 cm³/mol. The van der Waals surface area contributed by atoms with Crippen molar-refractivity contribution in [3.05, 3.63) is 0 Å². The fourth-order valence-electron chi connectivity index (χ4n) is 2.03. The fourth-order valence-corrected chi connectivity index (χ4v) is 2.43. The number of carbonyl (C=O) groups excluding carboxylic acids is 1. The Morgan fingerprint density at radius 2 is 1.42 bits per heavy atom. The highest BCUT2D eigenvalue weighted by atomic mass is 79.9. The number of esters is 1. The van der Waals surface area contributed by atoms with Crippen molar-refractivity contribution in [3.63, 3.8) is 0 Å². The molecular formula is C16H31BrO2. The van der Waals surface area contributed by atoms with Crippen LogP contribution < -0.4 is 0 Å². The van der Waals surface area contributed by atoms with E-state index in [-0.39, 0.29) is 5.97 Å². The standard InChI is InChI=1S/C16H31BrO2/c1-2-3-4-5-6-7-10-13-16(18)19-15-12-9-8-11-14-17/h2-15H2,1H3. The van der Waals surface area contributed by atoms with E-state index in [0.717, 1.165) is 24.6 Å². The summed E-state index contributed by atoms with van der Waals surface area (Å²) in [5.41, 5.74) is 0. The van der Waals surface area contributed by atoms with Crippen LogP contribution in [0.1, 0.15) is 84.0 Å². The number of unbranched alkanes of at least 4 members (excludes halogenated alkanes) is 9. The monoisotopic (exact) mass is 334 g/mol. The molecule has 0 saturated carbocycles. The summed E-state index contributed by atoms with van der Waals surface area (Å²) in [6.07, 6.45) is 13.9. The Balaban J connectivity index is 3.13. The van der Waals surface area contributed by atoms with Crippen molar-refractivity contribution in [3.8, 4) is 0 Å². The lowest BCUT2D eigenvalue weighted by Crippen LogP contribution is -2.05. The number of rotatable bonds is 14. The summed E-state index contributed by atoms with van der Waals surface area (Å²) in [7, 11) is 0. The zero-order valence-electron chi connectivity index (χ0n) is 12.6. The Labute approximate surface area is 127 Å². The normalized spacial score (nSPS) is 10.6. The number of hydrogen-bond acceptors (Lipinski definition) is 2. The van der Waals surface area contributed by atoms with Gasteiger partial charge in [0.05, 0.1) is 6.61 Å². The third kappa shape index (κ3) is 15.9. The molecule has 0 aromatic carbocycles. The van der Waals surface area contributed by atoms with Crippen LogP contribution in [0.3, 0.4) is 0 Å². The van der Waals surface area contributed by atoms with Crippen molar-refractivity contribution in [2.75, 3.05) is 11.9 Å². The van der Waals surface area contributed by atoms with Crippen molar-refractivity contribution in [2.24, 2.45) is 0 Å². The molecule has 0 rings (SSSR count). The maximum absolute atomic E-state index is 11.4. The molecule has 0 aliphatic heterocycles. The minimum absolute atomic E-state index is 0.00551. The molecule has 0 radical (unpaired) electrons. The summed E-state index contributed by atoms with van der Waals surface area (Å²) in [6, 6.07) is 0. The van der Waals surface area contributed by atoms with E-state index in [1.54, 1.807) is 0 Å². The van der Waals surface area contributed by atoms with Gasteiger partial charge in [-0.25, -0.2) is 0 Å². The third-order valence-corrected chi connectivity index (χ3v) is 3.84. The van der Waals surface area contributed by atoms with Crippen LogP contribution in [-0.4, -0.2) is 17.9 Å².